The van der Waals surface area contributed by atoms with E-state index in [1.54, 1.807) is 0 Å². The first kappa shape index (κ1) is 6.69. The molecule has 2 bridgehead atoms. The first-order valence-corrected chi connectivity index (χ1v) is 4.62. The van der Waals surface area contributed by atoms with E-state index in [0.717, 1.165) is 23.2 Å². The SMILES string of the molecule is CC(C)C1CC2CC1(C)C2. The van der Waals surface area contributed by atoms with E-state index < -0.39 is 0 Å². The van der Waals surface area contributed by atoms with Gasteiger partial charge in [0.25, 0.3) is 0 Å². The van der Waals surface area contributed by atoms with E-state index in [1.807, 2.05) is 0 Å². The lowest BCUT2D eigenvalue weighted by Crippen LogP contribution is -2.30. The van der Waals surface area contributed by atoms with Crippen molar-refractivity contribution in [2.75, 3.05) is 0 Å². The van der Waals surface area contributed by atoms with Crippen LogP contribution in [0.15, 0.2) is 0 Å². The summed E-state index contributed by atoms with van der Waals surface area (Å²) in [5.74, 6) is 3.10. The molecule has 3 rings (SSSR count). The number of fused-ring (bicyclic) bond motifs is 1. The predicted octanol–water partition coefficient (Wildman–Crippen LogP) is 3.08. The van der Waals surface area contributed by atoms with Crippen LogP contribution in [0.5, 0.6) is 0 Å². The van der Waals surface area contributed by atoms with Crippen LogP contribution in [0, 0.1) is 23.2 Å². The van der Waals surface area contributed by atoms with Crippen molar-refractivity contribution in [2.45, 2.75) is 40.0 Å². The maximum Gasteiger partial charge on any atom is -0.0290 e. The molecule has 0 N–H and O–H groups in total. The monoisotopic (exact) mass is 138 g/mol. The molecule has 0 aromatic carbocycles. The van der Waals surface area contributed by atoms with Gasteiger partial charge in [-0.05, 0) is 42.4 Å². The van der Waals surface area contributed by atoms with Gasteiger partial charge >= 0.3 is 0 Å². The lowest BCUT2D eigenvalue weighted by atomic mass is 9.66. The van der Waals surface area contributed by atoms with Crippen LogP contribution in [0.1, 0.15) is 40.0 Å². The van der Waals surface area contributed by atoms with Gasteiger partial charge in [-0.1, -0.05) is 20.8 Å². The van der Waals surface area contributed by atoms with E-state index in [9.17, 15) is 0 Å². The highest BCUT2D eigenvalue weighted by molar-refractivity contribution is 5.04. The Bertz CT molecular complexity index is 140. The van der Waals surface area contributed by atoms with Crippen LogP contribution in [-0.2, 0) is 0 Å². The molecular formula is C10H18. The second kappa shape index (κ2) is 1.78. The second-order valence-electron chi connectivity index (χ2n) is 5.01. The lowest BCUT2D eigenvalue weighted by molar-refractivity contribution is 0.109. The van der Waals surface area contributed by atoms with Crippen molar-refractivity contribution in [3.05, 3.63) is 0 Å². The number of hydrogen-bond donors (Lipinski definition) is 0. The van der Waals surface area contributed by atoms with Crippen LogP contribution in [-0.4, -0.2) is 0 Å². The maximum absolute atomic E-state index is 2.49. The van der Waals surface area contributed by atoms with Crippen LogP contribution in [0.3, 0.4) is 0 Å². The summed E-state index contributed by atoms with van der Waals surface area (Å²) in [6.07, 6.45) is 4.61. The highest BCUT2D eigenvalue weighted by Gasteiger charge is 2.54. The zero-order valence-corrected chi connectivity index (χ0v) is 7.35. The summed E-state index contributed by atoms with van der Waals surface area (Å²) in [5, 5.41) is 0. The fourth-order valence-electron chi connectivity index (χ4n) is 3.45. The van der Waals surface area contributed by atoms with Crippen LogP contribution < -0.4 is 0 Å². The van der Waals surface area contributed by atoms with Gasteiger partial charge in [-0.2, -0.15) is 0 Å². The highest BCUT2D eigenvalue weighted by atomic mass is 14.6. The Kier molecular flexibility index (Phi) is 1.19. The Balaban J connectivity index is 2.11. The van der Waals surface area contributed by atoms with E-state index in [2.05, 4.69) is 20.8 Å². The molecule has 3 aliphatic carbocycles. The second-order valence-corrected chi connectivity index (χ2v) is 5.01. The highest BCUT2D eigenvalue weighted by Crippen LogP contribution is 2.63. The van der Waals surface area contributed by atoms with Gasteiger partial charge in [0, 0.05) is 0 Å². The molecule has 3 fully saturated rings. The molecule has 0 radical (unpaired) electrons. The molecule has 0 aromatic rings. The van der Waals surface area contributed by atoms with Crippen molar-refractivity contribution < 1.29 is 0 Å². The minimum Gasteiger partial charge on any atom is -0.0625 e. The summed E-state index contributed by atoms with van der Waals surface area (Å²) >= 11 is 0. The van der Waals surface area contributed by atoms with Gasteiger partial charge in [-0.15, -0.1) is 0 Å². The van der Waals surface area contributed by atoms with Crippen LogP contribution >= 0.6 is 0 Å². The normalized spacial score (nSPS) is 51.6. The molecule has 3 saturated carbocycles. The maximum atomic E-state index is 2.49. The molecule has 3 aliphatic rings. The van der Waals surface area contributed by atoms with E-state index in [4.69, 9.17) is 0 Å². The fraction of sp³-hybridized carbons (Fsp3) is 1.00. The Morgan fingerprint density at radius 3 is 2.10 bits per heavy atom. The summed E-state index contributed by atoms with van der Waals surface area (Å²) < 4.78 is 0. The van der Waals surface area contributed by atoms with Crippen molar-refractivity contribution in [3.63, 3.8) is 0 Å². The zero-order valence-electron chi connectivity index (χ0n) is 7.35. The number of rotatable bonds is 1. The standard InChI is InChI=1S/C10H18/c1-7(2)9-4-8-5-10(9,3)6-8/h7-9H,4-6H2,1-3H3. The third kappa shape index (κ3) is 0.681. The van der Waals surface area contributed by atoms with E-state index in [-0.39, 0.29) is 0 Å². The zero-order chi connectivity index (χ0) is 7.35. The topological polar surface area (TPSA) is 0 Å². The molecule has 1 unspecified atom stereocenters. The molecule has 0 aromatic heterocycles. The predicted molar refractivity (Wildman–Crippen MR) is 43.8 cm³/mol. The molecular weight excluding hydrogens is 120 g/mol. The molecule has 0 aliphatic heterocycles. The van der Waals surface area contributed by atoms with Crippen LogP contribution in [0.25, 0.3) is 0 Å². The summed E-state index contributed by atoms with van der Waals surface area (Å²) in [6, 6.07) is 0. The number of hydrogen-bond acceptors (Lipinski definition) is 0. The quantitative estimate of drug-likeness (QED) is 0.522. The van der Waals surface area contributed by atoms with Gasteiger partial charge in [0.05, 0.1) is 0 Å². The molecule has 58 valence electrons. The Hall–Kier alpha value is 0. The Morgan fingerprint density at radius 1 is 1.30 bits per heavy atom. The van der Waals surface area contributed by atoms with Crippen molar-refractivity contribution in [3.8, 4) is 0 Å². The smallest absolute Gasteiger partial charge is 0.0290 e. The van der Waals surface area contributed by atoms with Crippen molar-refractivity contribution >= 4 is 0 Å². The van der Waals surface area contributed by atoms with Gasteiger partial charge in [-0.25, -0.2) is 0 Å². The fourth-order valence-corrected chi connectivity index (χ4v) is 3.45. The van der Waals surface area contributed by atoms with Gasteiger partial charge < -0.3 is 0 Å². The molecule has 10 heavy (non-hydrogen) atoms. The van der Waals surface area contributed by atoms with Crippen molar-refractivity contribution in [1.82, 2.24) is 0 Å². The average Bonchev–Trinajstić information content (AvgIpc) is 2.17. The summed E-state index contributed by atoms with van der Waals surface area (Å²) in [6.45, 7) is 7.26. The first-order chi connectivity index (χ1) is 4.62. The van der Waals surface area contributed by atoms with E-state index >= 15 is 0 Å². The minimum absolute atomic E-state index is 0.777. The summed E-state index contributed by atoms with van der Waals surface area (Å²) in [5.41, 5.74) is 0.777. The summed E-state index contributed by atoms with van der Waals surface area (Å²) in [7, 11) is 0. The average molecular weight is 138 g/mol. The van der Waals surface area contributed by atoms with Gasteiger partial charge in [0.15, 0.2) is 0 Å². The third-order valence-electron chi connectivity index (χ3n) is 3.80. The molecule has 0 spiro atoms. The molecule has 0 nitrogen and oxygen atoms in total. The Morgan fingerprint density at radius 2 is 1.90 bits per heavy atom. The lowest BCUT2D eigenvalue weighted by Gasteiger charge is -2.39. The summed E-state index contributed by atoms with van der Waals surface area (Å²) in [4.78, 5) is 0. The van der Waals surface area contributed by atoms with E-state index in [0.29, 0.717) is 0 Å². The largest absolute Gasteiger partial charge is 0.0625 e. The molecule has 1 atom stereocenters. The molecule has 0 heteroatoms. The Labute approximate surface area is 64.0 Å². The van der Waals surface area contributed by atoms with Gasteiger partial charge in [-0.3, -0.25) is 0 Å². The first-order valence-electron chi connectivity index (χ1n) is 4.62. The van der Waals surface area contributed by atoms with Crippen molar-refractivity contribution in [2.24, 2.45) is 23.2 Å². The molecule has 0 heterocycles. The molecule has 0 saturated heterocycles. The van der Waals surface area contributed by atoms with Gasteiger partial charge in [0.2, 0.25) is 0 Å². The van der Waals surface area contributed by atoms with Crippen LogP contribution in [0.4, 0.5) is 0 Å². The molecule has 0 amide bonds. The van der Waals surface area contributed by atoms with Crippen molar-refractivity contribution in [1.29, 1.82) is 0 Å². The minimum atomic E-state index is 0.777. The third-order valence-corrected chi connectivity index (χ3v) is 3.80. The van der Waals surface area contributed by atoms with Gasteiger partial charge in [0.1, 0.15) is 0 Å². The van der Waals surface area contributed by atoms with Crippen LogP contribution in [0.2, 0.25) is 0 Å². The van der Waals surface area contributed by atoms with E-state index in [1.165, 1.54) is 19.3 Å².